The van der Waals surface area contributed by atoms with E-state index >= 15 is 0 Å². The summed E-state index contributed by atoms with van der Waals surface area (Å²) in [5, 5.41) is 9.56. The molecule has 1 aliphatic heterocycles. The summed E-state index contributed by atoms with van der Waals surface area (Å²) in [4.78, 5) is 14.7. The van der Waals surface area contributed by atoms with E-state index in [1.165, 1.54) is 0 Å². The molecular formula is C10H7Cl2NO2. The molecule has 78 valence electrons. The second-order valence-corrected chi connectivity index (χ2v) is 4.12. The van der Waals surface area contributed by atoms with Crippen LogP contribution in [-0.2, 0) is 4.79 Å². The van der Waals surface area contributed by atoms with Gasteiger partial charge in [0.1, 0.15) is 0 Å². The lowest BCUT2D eigenvalue weighted by atomic mass is 9.98. The maximum Gasteiger partial charge on any atom is 0.304 e. The number of carboxylic acids is 1. The van der Waals surface area contributed by atoms with Gasteiger partial charge in [-0.15, -0.1) is 0 Å². The van der Waals surface area contributed by atoms with Crippen LogP contribution in [0.3, 0.4) is 0 Å². The Morgan fingerprint density at radius 2 is 2.07 bits per heavy atom. The molecule has 2 rings (SSSR count). The van der Waals surface area contributed by atoms with Gasteiger partial charge >= 0.3 is 5.97 Å². The Hall–Kier alpha value is -1.06. The number of rotatable bonds is 2. The number of carboxylic acid groups (broad SMARTS) is 1. The van der Waals surface area contributed by atoms with Crippen LogP contribution in [0.1, 0.15) is 17.9 Å². The highest BCUT2D eigenvalue weighted by atomic mass is 35.5. The first-order valence-electron chi connectivity index (χ1n) is 4.33. The van der Waals surface area contributed by atoms with E-state index < -0.39 is 5.97 Å². The number of halogens is 2. The summed E-state index contributed by atoms with van der Waals surface area (Å²) in [7, 11) is 0. The van der Waals surface area contributed by atoms with E-state index in [1.807, 2.05) is 0 Å². The van der Waals surface area contributed by atoms with Gasteiger partial charge in [-0.05, 0) is 17.7 Å². The third-order valence-corrected chi connectivity index (χ3v) is 2.98. The minimum atomic E-state index is -0.856. The summed E-state index contributed by atoms with van der Waals surface area (Å²) in [5.41, 5.74) is 1.53. The summed E-state index contributed by atoms with van der Waals surface area (Å²) in [6.45, 7) is 0. The first kappa shape index (κ1) is 10.5. The molecule has 1 aliphatic rings. The standard InChI is InChI=1S/C10H7Cl2NO2/c11-7-2-6-5(1-10(14)15)4-13-9(6)3-8(7)12/h2-5H,1H2,(H,14,15)/t5-/m0/s1. The van der Waals surface area contributed by atoms with Crippen molar-refractivity contribution in [3.05, 3.63) is 27.7 Å². The Kier molecular flexibility index (Phi) is 2.67. The van der Waals surface area contributed by atoms with Crippen molar-refractivity contribution < 1.29 is 9.90 Å². The van der Waals surface area contributed by atoms with Gasteiger partial charge in [-0.25, -0.2) is 0 Å². The number of aliphatic imine (C=N–C) groups is 1. The van der Waals surface area contributed by atoms with E-state index in [9.17, 15) is 4.79 Å². The maximum absolute atomic E-state index is 10.6. The van der Waals surface area contributed by atoms with E-state index in [4.69, 9.17) is 28.3 Å². The van der Waals surface area contributed by atoms with Crippen LogP contribution in [0.15, 0.2) is 17.1 Å². The van der Waals surface area contributed by atoms with Crippen LogP contribution < -0.4 is 0 Å². The van der Waals surface area contributed by atoms with E-state index in [2.05, 4.69) is 4.99 Å². The third kappa shape index (κ3) is 1.98. The van der Waals surface area contributed by atoms with Gasteiger partial charge < -0.3 is 5.11 Å². The quantitative estimate of drug-likeness (QED) is 0.867. The fraction of sp³-hybridized carbons (Fsp3) is 0.200. The largest absolute Gasteiger partial charge is 0.481 e. The predicted molar refractivity (Wildman–Crippen MR) is 59.6 cm³/mol. The van der Waals surface area contributed by atoms with Gasteiger partial charge in [0.2, 0.25) is 0 Å². The Labute approximate surface area is 96.3 Å². The van der Waals surface area contributed by atoms with Crippen molar-refractivity contribution in [2.45, 2.75) is 12.3 Å². The summed E-state index contributed by atoms with van der Waals surface area (Å²) >= 11 is 11.7. The van der Waals surface area contributed by atoms with Gasteiger partial charge in [0, 0.05) is 12.1 Å². The van der Waals surface area contributed by atoms with Gasteiger partial charge in [-0.2, -0.15) is 0 Å². The van der Waals surface area contributed by atoms with Crippen molar-refractivity contribution in [1.29, 1.82) is 0 Å². The molecule has 0 radical (unpaired) electrons. The second-order valence-electron chi connectivity index (χ2n) is 3.31. The highest BCUT2D eigenvalue weighted by molar-refractivity contribution is 6.42. The molecule has 15 heavy (non-hydrogen) atoms. The first-order chi connectivity index (χ1) is 7.08. The van der Waals surface area contributed by atoms with Crippen LogP contribution in [0.2, 0.25) is 10.0 Å². The number of hydrogen-bond donors (Lipinski definition) is 1. The summed E-state index contributed by atoms with van der Waals surface area (Å²) in [5.74, 6) is -1.06. The van der Waals surface area contributed by atoms with Crippen molar-refractivity contribution in [2.24, 2.45) is 4.99 Å². The van der Waals surface area contributed by atoms with Crippen LogP contribution >= 0.6 is 23.2 Å². The lowest BCUT2D eigenvalue weighted by Gasteiger charge is -2.07. The number of nitrogens with zero attached hydrogens (tertiary/aromatic N) is 1. The smallest absolute Gasteiger partial charge is 0.304 e. The molecule has 0 fully saturated rings. The molecule has 1 aromatic rings. The SMILES string of the molecule is O=C(O)C[C@H]1C=Nc2cc(Cl)c(Cl)cc21. The number of benzene rings is 1. The monoisotopic (exact) mass is 243 g/mol. The second kappa shape index (κ2) is 3.83. The molecule has 1 aromatic carbocycles. The fourth-order valence-corrected chi connectivity index (χ4v) is 1.89. The average Bonchev–Trinajstić information content (AvgIpc) is 2.49. The van der Waals surface area contributed by atoms with Gasteiger partial charge in [-0.3, -0.25) is 9.79 Å². The zero-order valence-electron chi connectivity index (χ0n) is 7.58. The van der Waals surface area contributed by atoms with Crippen molar-refractivity contribution in [3.8, 4) is 0 Å². The maximum atomic E-state index is 10.6. The van der Waals surface area contributed by atoms with Gasteiger partial charge in [0.25, 0.3) is 0 Å². The normalized spacial score (nSPS) is 17.9. The van der Waals surface area contributed by atoms with Gasteiger partial charge in [0.15, 0.2) is 0 Å². The lowest BCUT2D eigenvalue weighted by Crippen LogP contribution is -2.04. The van der Waals surface area contributed by atoms with E-state index in [1.54, 1.807) is 18.3 Å². The summed E-state index contributed by atoms with van der Waals surface area (Å²) < 4.78 is 0. The minimum absolute atomic E-state index is 0.0223. The van der Waals surface area contributed by atoms with Crippen LogP contribution in [-0.4, -0.2) is 17.3 Å². The molecule has 1 atom stereocenters. The Morgan fingerprint density at radius 3 is 2.73 bits per heavy atom. The summed E-state index contributed by atoms with van der Waals surface area (Å²) in [6, 6.07) is 3.33. The molecule has 3 nitrogen and oxygen atoms in total. The molecule has 0 aromatic heterocycles. The number of carbonyl (C=O) groups is 1. The molecule has 0 amide bonds. The highest BCUT2D eigenvalue weighted by Crippen LogP contribution is 2.39. The fourth-order valence-electron chi connectivity index (χ4n) is 1.56. The molecule has 1 N–H and O–H groups in total. The van der Waals surface area contributed by atoms with Crippen LogP contribution in [0, 0.1) is 0 Å². The van der Waals surface area contributed by atoms with Crippen LogP contribution in [0.5, 0.6) is 0 Å². The van der Waals surface area contributed by atoms with E-state index in [0.717, 1.165) is 5.56 Å². The topological polar surface area (TPSA) is 49.7 Å². The first-order valence-corrected chi connectivity index (χ1v) is 5.08. The van der Waals surface area contributed by atoms with Crippen molar-refractivity contribution in [3.63, 3.8) is 0 Å². The Balaban J connectivity index is 2.38. The third-order valence-electron chi connectivity index (χ3n) is 2.26. The Morgan fingerprint density at radius 1 is 1.40 bits per heavy atom. The lowest BCUT2D eigenvalue weighted by molar-refractivity contribution is -0.137. The van der Waals surface area contributed by atoms with E-state index in [-0.39, 0.29) is 12.3 Å². The molecule has 0 unspecified atom stereocenters. The Bertz CT molecular complexity index is 457. The zero-order valence-corrected chi connectivity index (χ0v) is 9.09. The number of hydrogen-bond acceptors (Lipinski definition) is 2. The molecule has 0 saturated heterocycles. The van der Waals surface area contributed by atoms with Gasteiger partial charge in [-0.1, -0.05) is 23.2 Å². The zero-order chi connectivity index (χ0) is 11.0. The summed E-state index contributed by atoms with van der Waals surface area (Å²) in [6.07, 6.45) is 1.64. The molecule has 0 aliphatic carbocycles. The van der Waals surface area contributed by atoms with Crippen molar-refractivity contribution >= 4 is 41.1 Å². The van der Waals surface area contributed by atoms with Gasteiger partial charge in [0.05, 0.1) is 22.2 Å². The van der Waals surface area contributed by atoms with Crippen LogP contribution in [0.4, 0.5) is 5.69 Å². The average molecular weight is 244 g/mol. The molecule has 0 bridgehead atoms. The van der Waals surface area contributed by atoms with Crippen molar-refractivity contribution in [1.82, 2.24) is 0 Å². The molecule has 0 spiro atoms. The van der Waals surface area contributed by atoms with Crippen LogP contribution in [0.25, 0.3) is 0 Å². The highest BCUT2D eigenvalue weighted by Gasteiger charge is 2.22. The molecule has 5 heteroatoms. The van der Waals surface area contributed by atoms with Crippen molar-refractivity contribution in [2.75, 3.05) is 0 Å². The molecule has 1 heterocycles. The number of fused-ring (bicyclic) bond motifs is 1. The van der Waals surface area contributed by atoms with E-state index in [0.29, 0.717) is 15.7 Å². The number of aliphatic carboxylic acids is 1. The minimum Gasteiger partial charge on any atom is -0.481 e. The molecular weight excluding hydrogens is 237 g/mol. The predicted octanol–water partition coefficient (Wildman–Crippen LogP) is 3.27. The molecule has 0 saturated carbocycles.